The van der Waals surface area contributed by atoms with E-state index >= 15 is 0 Å². The summed E-state index contributed by atoms with van der Waals surface area (Å²) in [7, 11) is 0. The molecule has 2 aromatic carbocycles. The number of carbonyl (C=O) groups excluding carboxylic acids is 2. The molecule has 9 heteroatoms. The van der Waals surface area contributed by atoms with E-state index in [2.05, 4.69) is 0 Å². The Morgan fingerprint density at radius 1 is 1.00 bits per heavy atom. The lowest BCUT2D eigenvalue weighted by Crippen LogP contribution is -2.40. The number of non-ortho nitro benzene ring substituents is 1. The van der Waals surface area contributed by atoms with E-state index in [9.17, 15) is 19.7 Å². The van der Waals surface area contributed by atoms with E-state index in [-0.39, 0.29) is 24.0 Å². The molecule has 1 saturated heterocycles. The lowest BCUT2D eigenvalue weighted by atomic mass is 10.2. The Balaban J connectivity index is 1.49. The molecule has 1 aliphatic heterocycles. The number of hydrogen-bond donors (Lipinski definition) is 0. The third-order valence-electron chi connectivity index (χ3n) is 4.04. The van der Waals surface area contributed by atoms with Gasteiger partial charge in [0.25, 0.3) is 11.6 Å². The van der Waals surface area contributed by atoms with Crippen LogP contribution < -0.4 is 9.47 Å². The van der Waals surface area contributed by atoms with Gasteiger partial charge in [0.05, 0.1) is 18.1 Å². The predicted molar refractivity (Wildman–Crippen MR) is 97.4 cm³/mol. The van der Waals surface area contributed by atoms with Crippen LogP contribution in [0, 0.1) is 10.1 Å². The van der Waals surface area contributed by atoms with Gasteiger partial charge < -0.3 is 19.1 Å². The lowest BCUT2D eigenvalue weighted by molar-refractivity contribution is -0.384. The highest BCUT2D eigenvalue weighted by Crippen LogP contribution is 2.18. The fraction of sp³-hybridized carbons (Fsp3) is 0.263. The van der Waals surface area contributed by atoms with E-state index in [1.54, 1.807) is 29.2 Å². The number of carbonyl (C=O) groups is 2. The normalized spacial score (nSPS) is 13.6. The molecular weight excluding hydrogens is 368 g/mol. The van der Waals surface area contributed by atoms with Crippen molar-refractivity contribution >= 4 is 17.6 Å². The highest BCUT2D eigenvalue weighted by Gasteiger charge is 2.18. The molecule has 0 radical (unpaired) electrons. The Morgan fingerprint density at radius 2 is 1.61 bits per heavy atom. The van der Waals surface area contributed by atoms with Crippen molar-refractivity contribution in [2.45, 2.75) is 0 Å². The number of benzene rings is 2. The summed E-state index contributed by atoms with van der Waals surface area (Å²) in [4.78, 5) is 36.0. The Labute approximate surface area is 160 Å². The summed E-state index contributed by atoms with van der Waals surface area (Å²) < 4.78 is 15.6. The second-order valence-electron chi connectivity index (χ2n) is 5.94. The van der Waals surface area contributed by atoms with Crippen LogP contribution in [0.3, 0.4) is 0 Å². The van der Waals surface area contributed by atoms with Gasteiger partial charge >= 0.3 is 5.97 Å². The molecule has 1 aliphatic rings. The fourth-order valence-electron chi connectivity index (χ4n) is 2.58. The smallest absolute Gasteiger partial charge is 0.349 e. The Bertz CT molecular complexity index is 844. The van der Waals surface area contributed by atoms with Crippen molar-refractivity contribution < 1.29 is 28.7 Å². The number of amides is 1. The maximum Gasteiger partial charge on any atom is 0.349 e. The molecule has 9 nitrogen and oxygen atoms in total. The zero-order chi connectivity index (χ0) is 19.9. The molecule has 0 unspecified atom stereocenters. The van der Waals surface area contributed by atoms with E-state index in [0.29, 0.717) is 37.6 Å². The summed E-state index contributed by atoms with van der Waals surface area (Å²) in [5.41, 5.74) is 0.436. The molecule has 1 fully saturated rings. The zero-order valence-corrected chi connectivity index (χ0v) is 14.9. The van der Waals surface area contributed by atoms with Gasteiger partial charge in [-0.3, -0.25) is 14.9 Å². The number of nitro groups is 1. The van der Waals surface area contributed by atoms with Crippen LogP contribution in [0.2, 0.25) is 0 Å². The van der Waals surface area contributed by atoms with Crippen molar-refractivity contribution in [1.82, 2.24) is 4.90 Å². The first kappa shape index (κ1) is 19.3. The Kier molecular flexibility index (Phi) is 6.18. The van der Waals surface area contributed by atoms with Gasteiger partial charge in [0.15, 0.2) is 6.61 Å². The van der Waals surface area contributed by atoms with Crippen LogP contribution in [0.1, 0.15) is 10.4 Å². The summed E-state index contributed by atoms with van der Waals surface area (Å²) in [6, 6.07) is 11.6. The molecule has 2 aromatic rings. The first-order valence-corrected chi connectivity index (χ1v) is 8.58. The lowest BCUT2D eigenvalue weighted by Gasteiger charge is -2.26. The molecule has 0 N–H and O–H groups in total. The third kappa shape index (κ3) is 5.04. The number of nitro benzene ring substituents is 1. The van der Waals surface area contributed by atoms with Crippen molar-refractivity contribution in [3.8, 4) is 11.5 Å². The van der Waals surface area contributed by atoms with Crippen LogP contribution >= 0.6 is 0 Å². The Hall–Kier alpha value is -3.46. The maximum atomic E-state index is 12.4. The van der Waals surface area contributed by atoms with Gasteiger partial charge in [0.2, 0.25) is 0 Å². The van der Waals surface area contributed by atoms with Gasteiger partial charge in [-0.05, 0) is 36.4 Å². The van der Waals surface area contributed by atoms with Gasteiger partial charge in [-0.2, -0.15) is 0 Å². The number of hydrogen-bond acceptors (Lipinski definition) is 7. The standard InChI is InChI=1S/C19H18N2O7/c22-18(28-17-7-3-15(4-8-17)21(24)25)13-27-16-5-1-14(2-6-16)19(23)20-9-11-26-12-10-20/h1-8H,9-13H2. The van der Waals surface area contributed by atoms with Gasteiger partial charge in [-0.25, -0.2) is 4.79 Å². The minimum atomic E-state index is -0.651. The zero-order valence-electron chi connectivity index (χ0n) is 14.9. The monoisotopic (exact) mass is 386 g/mol. The molecule has 0 saturated carbocycles. The van der Waals surface area contributed by atoms with Gasteiger partial charge in [-0.1, -0.05) is 0 Å². The predicted octanol–water partition coefficient (Wildman–Crippen LogP) is 2.05. The Morgan fingerprint density at radius 3 is 2.21 bits per heavy atom. The summed E-state index contributed by atoms with van der Waals surface area (Å²) in [6.07, 6.45) is 0. The number of esters is 1. The van der Waals surface area contributed by atoms with Crippen molar-refractivity contribution in [2.75, 3.05) is 32.9 Å². The van der Waals surface area contributed by atoms with Gasteiger partial charge in [0, 0.05) is 30.8 Å². The SMILES string of the molecule is O=C(COc1ccc(C(=O)N2CCOCC2)cc1)Oc1ccc([N+](=O)[O-])cc1. The van der Waals surface area contributed by atoms with Crippen LogP contribution in [0.15, 0.2) is 48.5 Å². The van der Waals surface area contributed by atoms with E-state index in [1.807, 2.05) is 0 Å². The molecule has 0 atom stereocenters. The molecule has 1 amide bonds. The number of morpholine rings is 1. The molecule has 0 spiro atoms. The minimum Gasteiger partial charge on any atom is -0.482 e. The molecule has 0 aliphatic carbocycles. The number of rotatable bonds is 6. The minimum absolute atomic E-state index is 0.0765. The topological polar surface area (TPSA) is 108 Å². The van der Waals surface area contributed by atoms with E-state index in [1.165, 1.54) is 24.3 Å². The summed E-state index contributed by atoms with van der Waals surface area (Å²) >= 11 is 0. The van der Waals surface area contributed by atoms with Crippen LogP contribution in [0.4, 0.5) is 5.69 Å². The molecule has 146 valence electrons. The summed E-state index contributed by atoms with van der Waals surface area (Å²) in [6.45, 7) is 1.85. The largest absolute Gasteiger partial charge is 0.482 e. The molecule has 0 bridgehead atoms. The van der Waals surface area contributed by atoms with E-state index in [4.69, 9.17) is 14.2 Å². The maximum absolute atomic E-state index is 12.4. The second-order valence-corrected chi connectivity index (χ2v) is 5.94. The van der Waals surface area contributed by atoms with E-state index < -0.39 is 10.9 Å². The van der Waals surface area contributed by atoms with Crippen molar-refractivity contribution in [2.24, 2.45) is 0 Å². The highest BCUT2D eigenvalue weighted by molar-refractivity contribution is 5.94. The van der Waals surface area contributed by atoms with Gasteiger partial charge in [0.1, 0.15) is 11.5 Å². The second kappa shape index (κ2) is 8.96. The fourth-order valence-corrected chi connectivity index (χ4v) is 2.58. The van der Waals surface area contributed by atoms with Gasteiger partial charge in [-0.15, -0.1) is 0 Å². The first-order chi connectivity index (χ1) is 13.5. The molecular formula is C19H18N2O7. The molecule has 0 aromatic heterocycles. The quantitative estimate of drug-likeness (QED) is 0.323. The average Bonchev–Trinajstić information content (AvgIpc) is 2.73. The molecule has 1 heterocycles. The summed E-state index contributed by atoms with van der Waals surface area (Å²) in [5.74, 6) is -0.125. The van der Waals surface area contributed by atoms with E-state index in [0.717, 1.165) is 0 Å². The molecule has 3 rings (SSSR count). The van der Waals surface area contributed by atoms with Crippen LogP contribution in [0.5, 0.6) is 11.5 Å². The highest BCUT2D eigenvalue weighted by atomic mass is 16.6. The van der Waals surface area contributed by atoms with Crippen molar-refractivity contribution in [1.29, 1.82) is 0 Å². The van der Waals surface area contributed by atoms with Crippen LogP contribution in [-0.2, 0) is 9.53 Å². The summed E-state index contributed by atoms with van der Waals surface area (Å²) in [5, 5.41) is 10.6. The first-order valence-electron chi connectivity index (χ1n) is 8.58. The van der Waals surface area contributed by atoms with Crippen molar-refractivity contribution in [3.05, 3.63) is 64.2 Å². The average molecular weight is 386 g/mol. The third-order valence-corrected chi connectivity index (χ3v) is 4.04. The number of ether oxygens (including phenoxy) is 3. The van der Waals surface area contributed by atoms with Crippen molar-refractivity contribution in [3.63, 3.8) is 0 Å². The molecule has 28 heavy (non-hydrogen) atoms. The number of nitrogens with zero attached hydrogens (tertiary/aromatic N) is 2. The van der Waals surface area contributed by atoms with Crippen LogP contribution in [0.25, 0.3) is 0 Å². The van der Waals surface area contributed by atoms with Crippen LogP contribution in [-0.4, -0.2) is 54.6 Å².